The van der Waals surface area contributed by atoms with E-state index < -0.39 is 5.60 Å². The van der Waals surface area contributed by atoms with Crippen molar-refractivity contribution in [1.29, 1.82) is 0 Å². The summed E-state index contributed by atoms with van der Waals surface area (Å²) in [4.78, 5) is 11.7. The molecule has 0 aromatic heterocycles. The van der Waals surface area contributed by atoms with Crippen LogP contribution in [-0.4, -0.2) is 85.3 Å². The van der Waals surface area contributed by atoms with E-state index >= 15 is 0 Å². The number of hydrogen-bond donors (Lipinski definition) is 0. The van der Waals surface area contributed by atoms with Gasteiger partial charge in [-0.3, -0.25) is 4.79 Å². The van der Waals surface area contributed by atoms with Crippen molar-refractivity contribution in [1.82, 2.24) is 0 Å². The van der Waals surface area contributed by atoms with Gasteiger partial charge in [-0.1, -0.05) is 124 Å². The summed E-state index contributed by atoms with van der Waals surface area (Å²) in [6.45, 7) is 7.51. The van der Waals surface area contributed by atoms with E-state index in [1.54, 1.807) is 0 Å². The Balaban J connectivity index is 1.18. The van der Waals surface area contributed by atoms with Gasteiger partial charge in [0, 0.05) is 6.42 Å². The minimum atomic E-state index is -0.749. The van der Waals surface area contributed by atoms with Crippen LogP contribution in [0.3, 0.4) is 0 Å². The van der Waals surface area contributed by atoms with Crippen LogP contribution in [0, 0.1) is 0 Å². The number of carbonyl (C=O) groups is 1. The van der Waals surface area contributed by atoms with E-state index in [0.717, 1.165) is 29.5 Å². The lowest BCUT2D eigenvalue weighted by atomic mass is 9.80. The molecule has 3 aromatic carbocycles. The number of rotatable bonds is 28. The Morgan fingerprint density at radius 2 is 0.830 bits per heavy atom. The zero-order chi connectivity index (χ0) is 33.1. The lowest BCUT2D eigenvalue weighted by molar-refractivity contribution is -0.145. The molecule has 0 N–H and O–H groups in total. The number of unbranched alkanes of at least 4 members (excludes halogenated alkanes) is 4. The molecule has 8 nitrogen and oxygen atoms in total. The molecule has 258 valence electrons. The molecule has 0 aliphatic rings. The monoisotopic (exact) mass is 650 g/mol. The van der Waals surface area contributed by atoms with E-state index in [1.165, 1.54) is 19.3 Å². The number of hydrogen-bond acceptors (Lipinski definition) is 8. The highest BCUT2D eigenvalue weighted by Gasteiger charge is 2.37. The van der Waals surface area contributed by atoms with Gasteiger partial charge in [0.25, 0.3) is 0 Å². The van der Waals surface area contributed by atoms with Crippen molar-refractivity contribution >= 4 is 5.97 Å². The smallest absolute Gasteiger partial charge is 0.305 e. The summed E-state index contributed by atoms with van der Waals surface area (Å²) in [5.74, 6) is -0.145. The average Bonchev–Trinajstić information content (AvgIpc) is 3.12. The van der Waals surface area contributed by atoms with E-state index in [1.807, 2.05) is 54.6 Å². The van der Waals surface area contributed by atoms with Gasteiger partial charge in [-0.2, -0.15) is 0 Å². The van der Waals surface area contributed by atoms with Crippen molar-refractivity contribution in [2.45, 2.75) is 51.0 Å². The predicted molar refractivity (Wildman–Crippen MR) is 184 cm³/mol. The van der Waals surface area contributed by atoms with E-state index in [9.17, 15) is 4.79 Å². The summed E-state index contributed by atoms with van der Waals surface area (Å²) in [5, 5.41) is 0. The molecule has 0 bridgehead atoms. The predicted octanol–water partition coefficient (Wildman–Crippen LogP) is 6.98. The van der Waals surface area contributed by atoms with Gasteiger partial charge in [0.15, 0.2) is 0 Å². The highest BCUT2D eigenvalue weighted by atomic mass is 16.6. The van der Waals surface area contributed by atoms with Crippen LogP contribution >= 0.6 is 0 Å². The molecular formula is C39H54O8. The summed E-state index contributed by atoms with van der Waals surface area (Å²) in [6.07, 6.45) is 6.08. The van der Waals surface area contributed by atoms with Gasteiger partial charge in [0.05, 0.1) is 72.7 Å². The molecule has 3 aromatic rings. The van der Waals surface area contributed by atoms with Crippen molar-refractivity contribution in [2.75, 3.05) is 79.3 Å². The molecule has 0 saturated carbocycles. The van der Waals surface area contributed by atoms with Crippen LogP contribution in [0.15, 0.2) is 91.0 Å². The number of ether oxygens (including phenoxy) is 7. The minimum Gasteiger partial charge on any atom is -0.463 e. The van der Waals surface area contributed by atoms with E-state index in [0.29, 0.717) is 79.1 Å². The molecule has 3 rings (SSSR count). The largest absolute Gasteiger partial charge is 0.463 e. The second-order valence-corrected chi connectivity index (χ2v) is 11.1. The lowest BCUT2D eigenvalue weighted by Crippen LogP contribution is -2.34. The molecular weight excluding hydrogens is 596 g/mol. The third-order valence-electron chi connectivity index (χ3n) is 7.55. The lowest BCUT2D eigenvalue weighted by Gasteiger charge is -2.36. The maximum absolute atomic E-state index is 11.7. The third kappa shape index (κ3) is 15.1. The maximum atomic E-state index is 11.7. The quantitative estimate of drug-likeness (QED) is 0.0473. The van der Waals surface area contributed by atoms with Gasteiger partial charge in [-0.05, 0) is 23.1 Å². The Morgan fingerprint density at radius 3 is 1.23 bits per heavy atom. The molecule has 0 saturated heterocycles. The molecule has 0 amide bonds. The van der Waals surface area contributed by atoms with Crippen molar-refractivity contribution in [3.8, 4) is 0 Å². The van der Waals surface area contributed by atoms with E-state index in [2.05, 4.69) is 43.3 Å². The Morgan fingerprint density at radius 1 is 0.468 bits per heavy atom. The molecule has 0 heterocycles. The Labute approximate surface area is 281 Å². The number of carbonyl (C=O) groups excluding carboxylic acids is 1. The second-order valence-electron chi connectivity index (χ2n) is 11.1. The van der Waals surface area contributed by atoms with E-state index in [4.69, 9.17) is 33.2 Å². The fourth-order valence-electron chi connectivity index (χ4n) is 5.16. The maximum Gasteiger partial charge on any atom is 0.305 e. The third-order valence-corrected chi connectivity index (χ3v) is 7.55. The van der Waals surface area contributed by atoms with Crippen LogP contribution in [-0.2, 0) is 43.6 Å². The molecule has 0 fully saturated rings. The van der Waals surface area contributed by atoms with Gasteiger partial charge in [0.2, 0.25) is 0 Å². The Kier molecular flexibility index (Phi) is 20.4. The van der Waals surface area contributed by atoms with Crippen LogP contribution in [0.4, 0.5) is 0 Å². The molecule has 0 aliphatic heterocycles. The Bertz CT molecular complexity index is 1060. The second kappa shape index (κ2) is 25.0. The topological polar surface area (TPSA) is 81.7 Å². The average molecular weight is 651 g/mol. The van der Waals surface area contributed by atoms with Crippen molar-refractivity contribution < 1.29 is 38.0 Å². The number of benzene rings is 3. The standard InChI is InChI=1S/C39H54O8/c1-2-3-4-5-15-22-38(40)46-33-31-44-29-27-42-25-23-41-24-26-43-28-30-45-32-34-47-39(35-16-9-6-10-17-35,36-18-11-7-12-19-36)37-20-13-8-14-21-37/h6-14,16-21H,2-5,15,22-34H2,1H3. The van der Waals surface area contributed by atoms with Crippen LogP contribution in [0.5, 0.6) is 0 Å². The van der Waals surface area contributed by atoms with Crippen molar-refractivity contribution in [3.63, 3.8) is 0 Å². The van der Waals surface area contributed by atoms with Gasteiger partial charge in [-0.25, -0.2) is 0 Å². The molecule has 0 unspecified atom stereocenters. The molecule has 0 atom stereocenters. The zero-order valence-electron chi connectivity index (χ0n) is 28.2. The first kappa shape index (κ1) is 38.3. The van der Waals surface area contributed by atoms with E-state index in [-0.39, 0.29) is 12.6 Å². The first-order valence-corrected chi connectivity index (χ1v) is 17.1. The fraction of sp³-hybridized carbons (Fsp3) is 0.513. The number of esters is 1. The molecule has 47 heavy (non-hydrogen) atoms. The van der Waals surface area contributed by atoms with Gasteiger partial charge < -0.3 is 33.2 Å². The summed E-state index contributed by atoms with van der Waals surface area (Å²) in [6, 6.07) is 31.0. The summed E-state index contributed by atoms with van der Waals surface area (Å²) < 4.78 is 39.9. The fourth-order valence-corrected chi connectivity index (χ4v) is 5.16. The van der Waals surface area contributed by atoms with Crippen LogP contribution in [0.1, 0.15) is 62.1 Å². The van der Waals surface area contributed by atoms with Gasteiger partial charge >= 0.3 is 5.97 Å². The van der Waals surface area contributed by atoms with Crippen LogP contribution in [0.2, 0.25) is 0 Å². The summed E-state index contributed by atoms with van der Waals surface area (Å²) in [5.41, 5.74) is 2.45. The molecule has 0 aliphatic carbocycles. The normalized spacial score (nSPS) is 11.5. The van der Waals surface area contributed by atoms with Crippen LogP contribution in [0.25, 0.3) is 0 Å². The summed E-state index contributed by atoms with van der Waals surface area (Å²) >= 11 is 0. The highest BCUT2D eigenvalue weighted by Crippen LogP contribution is 2.40. The van der Waals surface area contributed by atoms with Gasteiger partial charge in [-0.15, -0.1) is 0 Å². The van der Waals surface area contributed by atoms with Gasteiger partial charge in [0.1, 0.15) is 12.2 Å². The zero-order valence-corrected chi connectivity index (χ0v) is 28.2. The molecule has 0 radical (unpaired) electrons. The Hall–Kier alpha value is -3.11. The first-order chi connectivity index (χ1) is 23.3. The molecule has 0 spiro atoms. The molecule has 8 heteroatoms. The first-order valence-electron chi connectivity index (χ1n) is 17.1. The highest BCUT2D eigenvalue weighted by molar-refractivity contribution is 5.69. The van der Waals surface area contributed by atoms with Crippen molar-refractivity contribution in [2.24, 2.45) is 0 Å². The minimum absolute atomic E-state index is 0.145. The van der Waals surface area contributed by atoms with Crippen LogP contribution < -0.4 is 0 Å². The van der Waals surface area contributed by atoms with Crippen molar-refractivity contribution in [3.05, 3.63) is 108 Å². The summed E-state index contributed by atoms with van der Waals surface area (Å²) in [7, 11) is 0. The SMILES string of the molecule is CCCCCCCC(=O)OCCOCCOCCOCCOCCOCCOC(c1ccccc1)(c1ccccc1)c1ccccc1.